The average Bonchev–Trinajstić information content (AvgIpc) is 3.21. The van der Waals surface area contributed by atoms with E-state index in [0.717, 1.165) is 22.1 Å². The molecule has 0 unspecified atom stereocenters. The van der Waals surface area contributed by atoms with E-state index < -0.39 is 0 Å². The number of thioether (sulfide) groups is 1. The second-order valence-electron chi connectivity index (χ2n) is 6.66. The lowest BCUT2D eigenvalue weighted by Gasteiger charge is -2.12. The second kappa shape index (κ2) is 8.62. The van der Waals surface area contributed by atoms with E-state index in [4.69, 9.17) is 14.2 Å². The molecule has 0 saturated heterocycles. The van der Waals surface area contributed by atoms with Gasteiger partial charge in [0, 0.05) is 11.5 Å². The van der Waals surface area contributed by atoms with Crippen LogP contribution >= 0.6 is 11.8 Å². The number of aryl methyl sites for hydroxylation is 1. The van der Waals surface area contributed by atoms with Crippen LogP contribution in [0.5, 0.6) is 17.2 Å². The van der Waals surface area contributed by atoms with Gasteiger partial charge in [-0.25, -0.2) is 0 Å². The van der Waals surface area contributed by atoms with Crippen LogP contribution in [0.4, 0.5) is 0 Å². The van der Waals surface area contributed by atoms with Crippen molar-refractivity contribution in [2.45, 2.75) is 12.1 Å². The van der Waals surface area contributed by atoms with Crippen molar-refractivity contribution in [3.8, 4) is 17.2 Å². The lowest BCUT2D eigenvalue weighted by atomic mass is 10.1. The standard InChI is InChI=1S/C22H21N3O4S/c1-14-9-15-10-19(27-2)20(28-3)11-18(15)25-21(14)23-24-22(25)30-13-16(26)12-29-17-7-5-4-6-8-17/h4-11H,12-13H2,1-3H3. The van der Waals surface area contributed by atoms with Crippen molar-refractivity contribution in [2.24, 2.45) is 0 Å². The van der Waals surface area contributed by atoms with Gasteiger partial charge < -0.3 is 14.2 Å². The zero-order valence-corrected chi connectivity index (χ0v) is 17.7. The summed E-state index contributed by atoms with van der Waals surface area (Å²) in [7, 11) is 3.21. The van der Waals surface area contributed by atoms with Gasteiger partial charge in [0.1, 0.15) is 12.4 Å². The number of carbonyl (C=O) groups excluding carboxylic acids is 1. The summed E-state index contributed by atoms with van der Waals surface area (Å²) < 4.78 is 18.4. The van der Waals surface area contributed by atoms with Gasteiger partial charge in [0.25, 0.3) is 0 Å². The molecule has 154 valence electrons. The van der Waals surface area contributed by atoms with E-state index in [-0.39, 0.29) is 18.1 Å². The predicted octanol–water partition coefficient (Wildman–Crippen LogP) is 3.95. The number of fused-ring (bicyclic) bond motifs is 3. The number of carbonyl (C=O) groups is 1. The maximum atomic E-state index is 12.3. The molecule has 4 aromatic rings. The fraction of sp³-hybridized carbons (Fsp3) is 0.227. The van der Waals surface area contributed by atoms with Gasteiger partial charge in [-0.1, -0.05) is 30.0 Å². The first kappa shape index (κ1) is 20.0. The average molecular weight is 423 g/mol. The number of nitrogens with zero attached hydrogens (tertiary/aromatic N) is 3. The summed E-state index contributed by atoms with van der Waals surface area (Å²) in [5.41, 5.74) is 2.60. The molecule has 2 aromatic heterocycles. The number of methoxy groups -OCH3 is 2. The van der Waals surface area contributed by atoms with Crippen molar-refractivity contribution in [3.63, 3.8) is 0 Å². The highest BCUT2D eigenvalue weighted by Crippen LogP contribution is 2.34. The van der Waals surface area contributed by atoms with Gasteiger partial charge in [-0.2, -0.15) is 0 Å². The molecule has 0 N–H and O–H groups in total. The highest BCUT2D eigenvalue weighted by Gasteiger charge is 2.16. The summed E-state index contributed by atoms with van der Waals surface area (Å²) in [5.74, 6) is 2.14. The highest BCUT2D eigenvalue weighted by atomic mass is 32.2. The topological polar surface area (TPSA) is 75.0 Å². The first-order valence-electron chi connectivity index (χ1n) is 9.33. The summed E-state index contributed by atoms with van der Waals surface area (Å²) in [6.45, 7) is 1.99. The maximum Gasteiger partial charge on any atom is 0.196 e. The Kier molecular flexibility index (Phi) is 5.76. The quantitative estimate of drug-likeness (QED) is 0.397. The number of rotatable bonds is 8. The maximum absolute atomic E-state index is 12.3. The van der Waals surface area contributed by atoms with Gasteiger partial charge in [-0.05, 0) is 36.8 Å². The van der Waals surface area contributed by atoms with Crippen molar-refractivity contribution in [1.82, 2.24) is 14.6 Å². The van der Waals surface area contributed by atoms with Crippen LogP contribution in [0.1, 0.15) is 5.56 Å². The van der Waals surface area contributed by atoms with Crippen molar-refractivity contribution in [1.29, 1.82) is 0 Å². The molecule has 2 heterocycles. The van der Waals surface area contributed by atoms with Crippen LogP contribution in [0.15, 0.2) is 53.7 Å². The van der Waals surface area contributed by atoms with E-state index >= 15 is 0 Å². The Balaban J connectivity index is 1.60. The third kappa shape index (κ3) is 3.91. The largest absolute Gasteiger partial charge is 0.493 e. The number of hydrogen-bond acceptors (Lipinski definition) is 7. The lowest BCUT2D eigenvalue weighted by molar-refractivity contribution is -0.118. The number of ketones is 1. The molecule has 0 aliphatic heterocycles. The molecule has 30 heavy (non-hydrogen) atoms. The van der Waals surface area contributed by atoms with Gasteiger partial charge in [-0.3, -0.25) is 9.20 Å². The molecule has 0 aliphatic carbocycles. The number of aromatic nitrogens is 3. The van der Waals surface area contributed by atoms with Crippen LogP contribution in [-0.2, 0) is 4.79 Å². The third-order valence-corrected chi connectivity index (χ3v) is 5.63. The molecule has 0 amide bonds. The fourth-order valence-corrected chi connectivity index (χ4v) is 3.98. The van der Waals surface area contributed by atoms with Crippen molar-refractivity contribution in [3.05, 3.63) is 54.1 Å². The summed E-state index contributed by atoms with van der Waals surface area (Å²) in [6.07, 6.45) is 0. The zero-order valence-electron chi connectivity index (χ0n) is 16.9. The highest BCUT2D eigenvalue weighted by molar-refractivity contribution is 7.99. The van der Waals surface area contributed by atoms with E-state index in [1.54, 1.807) is 14.2 Å². The summed E-state index contributed by atoms with van der Waals surface area (Å²) in [6, 6.07) is 15.1. The Morgan fingerprint density at radius 1 is 1.03 bits per heavy atom. The van der Waals surface area contributed by atoms with Gasteiger partial charge in [-0.15, -0.1) is 10.2 Å². The molecule has 0 atom stereocenters. The van der Waals surface area contributed by atoms with Crippen LogP contribution in [0.3, 0.4) is 0 Å². The second-order valence-corrected chi connectivity index (χ2v) is 7.61. The van der Waals surface area contributed by atoms with E-state index in [1.807, 2.05) is 59.9 Å². The minimum atomic E-state index is -0.0307. The monoisotopic (exact) mass is 423 g/mol. The summed E-state index contributed by atoms with van der Waals surface area (Å²) >= 11 is 1.33. The fourth-order valence-electron chi connectivity index (χ4n) is 3.19. The number of pyridine rings is 1. The smallest absolute Gasteiger partial charge is 0.196 e. The Labute approximate surface area is 178 Å². The van der Waals surface area contributed by atoms with Crippen LogP contribution < -0.4 is 14.2 Å². The lowest BCUT2D eigenvalue weighted by Crippen LogP contribution is -2.13. The molecule has 0 radical (unpaired) electrons. The van der Waals surface area contributed by atoms with Crippen LogP contribution in [0.25, 0.3) is 16.6 Å². The van der Waals surface area contributed by atoms with E-state index in [1.165, 1.54) is 11.8 Å². The van der Waals surface area contributed by atoms with E-state index in [2.05, 4.69) is 10.2 Å². The molecule has 0 spiro atoms. The van der Waals surface area contributed by atoms with Gasteiger partial charge in [0.2, 0.25) is 0 Å². The van der Waals surface area contributed by atoms with Gasteiger partial charge >= 0.3 is 0 Å². The Hall–Kier alpha value is -3.26. The number of para-hydroxylation sites is 1. The minimum Gasteiger partial charge on any atom is -0.493 e. The molecule has 0 fully saturated rings. The number of benzene rings is 2. The Morgan fingerprint density at radius 2 is 1.77 bits per heavy atom. The first-order valence-corrected chi connectivity index (χ1v) is 10.3. The van der Waals surface area contributed by atoms with Crippen LogP contribution in [0, 0.1) is 6.92 Å². The van der Waals surface area contributed by atoms with Crippen LogP contribution in [-0.4, -0.2) is 47.0 Å². The van der Waals surface area contributed by atoms with Gasteiger partial charge in [0.15, 0.2) is 28.1 Å². The number of ether oxygens (including phenoxy) is 3. The molecule has 7 nitrogen and oxygen atoms in total. The Bertz CT molecular complexity index is 1210. The normalized spacial score (nSPS) is 11.0. The third-order valence-electron chi connectivity index (χ3n) is 4.64. The Morgan fingerprint density at radius 3 is 2.50 bits per heavy atom. The van der Waals surface area contributed by atoms with Gasteiger partial charge in [0.05, 0.1) is 25.5 Å². The molecular weight excluding hydrogens is 402 g/mol. The molecular formula is C22H21N3O4S. The first-order chi connectivity index (χ1) is 14.6. The summed E-state index contributed by atoms with van der Waals surface area (Å²) in [4.78, 5) is 12.3. The molecule has 0 saturated carbocycles. The number of Topliss-reactive ketones (excluding diaryl/α,β-unsaturated/α-hetero) is 1. The molecule has 4 rings (SSSR count). The predicted molar refractivity (Wildman–Crippen MR) is 116 cm³/mol. The van der Waals surface area contributed by atoms with E-state index in [9.17, 15) is 4.79 Å². The zero-order chi connectivity index (χ0) is 21.1. The molecule has 0 aliphatic rings. The van der Waals surface area contributed by atoms with E-state index in [0.29, 0.717) is 22.4 Å². The SMILES string of the molecule is COc1cc2cc(C)c3nnc(SCC(=O)COc4ccccc4)n3c2cc1OC. The molecule has 2 aromatic carbocycles. The minimum absolute atomic E-state index is 0.0124. The summed E-state index contributed by atoms with van der Waals surface area (Å²) in [5, 5.41) is 10.2. The molecule has 0 bridgehead atoms. The molecule has 8 heteroatoms. The van der Waals surface area contributed by atoms with Crippen molar-refractivity contribution < 1.29 is 19.0 Å². The van der Waals surface area contributed by atoms with Crippen molar-refractivity contribution >= 4 is 34.1 Å². The van der Waals surface area contributed by atoms with Crippen LogP contribution in [0.2, 0.25) is 0 Å². The number of hydrogen-bond donors (Lipinski definition) is 0. The van der Waals surface area contributed by atoms with Crippen molar-refractivity contribution in [2.75, 3.05) is 26.6 Å².